The molecule has 1 rings (SSSR count). The maximum Gasteiger partial charge on any atom is 0.129 e. The number of thiol groups is 1. The van der Waals surface area contributed by atoms with Crippen molar-refractivity contribution in [1.82, 2.24) is 0 Å². The summed E-state index contributed by atoms with van der Waals surface area (Å²) in [5.74, 6) is 1.56. The van der Waals surface area contributed by atoms with Gasteiger partial charge in [-0.25, -0.2) is 0 Å². The first-order valence-electron chi connectivity index (χ1n) is 6.37. The van der Waals surface area contributed by atoms with Gasteiger partial charge in [0.2, 0.25) is 0 Å². The van der Waals surface area contributed by atoms with Crippen LogP contribution in [0, 0.1) is 0 Å². The van der Waals surface area contributed by atoms with E-state index < -0.39 is 0 Å². The maximum atomic E-state index is 5.36. The molecule has 19 heavy (non-hydrogen) atoms. The number of rotatable bonds is 13. The van der Waals surface area contributed by atoms with Gasteiger partial charge >= 0.3 is 0 Å². The van der Waals surface area contributed by atoms with E-state index >= 15 is 0 Å². The zero-order valence-corrected chi connectivity index (χ0v) is 12.0. The van der Waals surface area contributed by atoms with E-state index in [4.69, 9.17) is 23.4 Å². The minimum atomic E-state index is 0.481. The van der Waals surface area contributed by atoms with Gasteiger partial charge in [0, 0.05) is 5.75 Å². The van der Waals surface area contributed by atoms with Crippen LogP contribution in [0.2, 0.25) is 0 Å². The Morgan fingerprint density at radius 1 is 0.842 bits per heavy atom. The maximum absolute atomic E-state index is 5.36. The summed E-state index contributed by atoms with van der Waals surface area (Å²) >= 11 is 4.04. The second-order valence-electron chi connectivity index (χ2n) is 3.69. The fourth-order valence-electron chi connectivity index (χ4n) is 1.29. The molecule has 0 spiro atoms. The van der Waals surface area contributed by atoms with Gasteiger partial charge in [0.15, 0.2) is 0 Å². The molecule has 5 nitrogen and oxygen atoms in total. The molecule has 1 heterocycles. The van der Waals surface area contributed by atoms with Crippen molar-refractivity contribution >= 4 is 12.6 Å². The molecule has 0 radical (unpaired) electrons. The summed E-state index contributed by atoms with van der Waals surface area (Å²) in [6.07, 6.45) is 1.63. The smallest absolute Gasteiger partial charge is 0.129 e. The van der Waals surface area contributed by atoms with Crippen LogP contribution in [0.1, 0.15) is 5.76 Å². The molecule has 0 atom stereocenters. The van der Waals surface area contributed by atoms with Gasteiger partial charge in [-0.15, -0.1) is 0 Å². The molecule has 0 aromatic carbocycles. The van der Waals surface area contributed by atoms with E-state index in [2.05, 4.69) is 12.6 Å². The summed E-state index contributed by atoms with van der Waals surface area (Å²) in [7, 11) is 0. The third-order valence-corrected chi connectivity index (χ3v) is 2.36. The van der Waals surface area contributed by atoms with Crippen molar-refractivity contribution in [2.45, 2.75) is 6.61 Å². The molecule has 0 aliphatic rings. The lowest BCUT2D eigenvalue weighted by atomic mass is 10.5. The molecule has 0 unspecified atom stereocenters. The van der Waals surface area contributed by atoms with Crippen molar-refractivity contribution < 1.29 is 23.4 Å². The van der Waals surface area contributed by atoms with Gasteiger partial charge in [-0.05, 0) is 12.1 Å². The highest BCUT2D eigenvalue weighted by Crippen LogP contribution is 2.01. The molecule has 0 aliphatic carbocycles. The second-order valence-corrected chi connectivity index (χ2v) is 4.14. The molecule has 0 amide bonds. The van der Waals surface area contributed by atoms with Gasteiger partial charge in [0.25, 0.3) is 0 Å². The third kappa shape index (κ3) is 9.98. The fourth-order valence-corrected chi connectivity index (χ4v) is 1.42. The molecule has 0 fully saturated rings. The Morgan fingerprint density at radius 2 is 1.42 bits per heavy atom. The first kappa shape index (κ1) is 16.5. The lowest BCUT2D eigenvalue weighted by molar-refractivity contribution is -0.00447. The van der Waals surface area contributed by atoms with Gasteiger partial charge < -0.3 is 23.4 Å². The van der Waals surface area contributed by atoms with Crippen LogP contribution in [0.15, 0.2) is 22.8 Å². The van der Waals surface area contributed by atoms with Gasteiger partial charge in [-0.1, -0.05) is 0 Å². The first-order valence-corrected chi connectivity index (χ1v) is 7.01. The monoisotopic (exact) mass is 290 g/mol. The van der Waals surface area contributed by atoms with Crippen molar-refractivity contribution in [2.24, 2.45) is 0 Å². The molecule has 110 valence electrons. The van der Waals surface area contributed by atoms with Gasteiger partial charge in [-0.3, -0.25) is 0 Å². The molecule has 0 bridgehead atoms. The van der Waals surface area contributed by atoms with E-state index in [1.54, 1.807) is 6.26 Å². The molecule has 1 aromatic heterocycles. The van der Waals surface area contributed by atoms with Crippen LogP contribution >= 0.6 is 12.6 Å². The summed E-state index contributed by atoms with van der Waals surface area (Å²) in [6.45, 7) is 4.58. The third-order valence-electron chi connectivity index (χ3n) is 2.18. The number of furan rings is 1. The Bertz CT molecular complexity index is 279. The van der Waals surface area contributed by atoms with Crippen LogP contribution in [-0.4, -0.2) is 52.0 Å². The van der Waals surface area contributed by atoms with Gasteiger partial charge in [-0.2, -0.15) is 12.6 Å². The average Bonchev–Trinajstić information content (AvgIpc) is 2.93. The molecule has 0 aliphatic heterocycles. The zero-order chi connectivity index (χ0) is 13.6. The predicted octanol–water partition coefficient (Wildman–Crippen LogP) is 1.78. The quantitative estimate of drug-likeness (QED) is 0.443. The summed E-state index contributed by atoms with van der Waals surface area (Å²) in [5.41, 5.74) is 0. The van der Waals surface area contributed by atoms with E-state index in [0.29, 0.717) is 52.9 Å². The van der Waals surface area contributed by atoms with Gasteiger partial charge in [0.05, 0.1) is 52.5 Å². The van der Waals surface area contributed by atoms with Crippen molar-refractivity contribution in [1.29, 1.82) is 0 Å². The fraction of sp³-hybridized carbons (Fsp3) is 0.692. The van der Waals surface area contributed by atoms with E-state index in [1.165, 1.54) is 0 Å². The predicted molar refractivity (Wildman–Crippen MR) is 74.7 cm³/mol. The standard InChI is InChI=1S/C13H22O5S/c19-11-10-16-7-6-14-4-5-15-8-9-17-12-13-2-1-3-18-13/h1-3,19H,4-12H2. The minimum absolute atomic E-state index is 0.481. The Kier molecular flexibility index (Phi) is 10.9. The Hall–Kier alpha value is -0.530. The van der Waals surface area contributed by atoms with Crippen molar-refractivity contribution in [3.8, 4) is 0 Å². The SMILES string of the molecule is SCCOCCOCCOCCOCc1ccco1. The Labute approximate surface area is 119 Å². The van der Waals surface area contributed by atoms with E-state index in [0.717, 1.165) is 11.5 Å². The van der Waals surface area contributed by atoms with Crippen molar-refractivity contribution in [3.05, 3.63) is 24.2 Å². The molecular formula is C13H22O5S. The molecule has 6 heteroatoms. The highest BCUT2D eigenvalue weighted by Gasteiger charge is 1.95. The van der Waals surface area contributed by atoms with Crippen LogP contribution in [-0.2, 0) is 25.6 Å². The van der Waals surface area contributed by atoms with Crippen LogP contribution in [0.3, 0.4) is 0 Å². The van der Waals surface area contributed by atoms with Crippen LogP contribution in [0.4, 0.5) is 0 Å². The summed E-state index contributed by atoms with van der Waals surface area (Å²) < 4.78 is 26.4. The highest BCUT2D eigenvalue weighted by atomic mass is 32.1. The largest absolute Gasteiger partial charge is 0.467 e. The van der Waals surface area contributed by atoms with Gasteiger partial charge in [0.1, 0.15) is 12.4 Å². The van der Waals surface area contributed by atoms with Crippen molar-refractivity contribution in [2.75, 3.05) is 52.0 Å². The Balaban J connectivity index is 1.72. The molecule has 0 N–H and O–H groups in total. The number of hydrogen-bond acceptors (Lipinski definition) is 6. The number of hydrogen-bond donors (Lipinski definition) is 1. The van der Waals surface area contributed by atoms with Crippen LogP contribution in [0.25, 0.3) is 0 Å². The second kappa shape index (κ2) is 12.5. The zero-order valence-electron chi connectivity index (χ0n) is 11.1. The van der Waals surface area contributed by atoms with Crippen LogP contribution < -0.4 is 0 Å². The minimum Gasteiger partial charge on any atom is -0.467 e. The van der Waals surface area contributed by atoms with Crippen LogP contribution in [0.5, 0.6) is 0 Å². The van der Waals surface area contributed by atoms with E-state index in [9.17, 15) is 0 Å². The summed E-state index contributed by atoms with van der Waals surface area (Å²) in [5, 5.41) is 0. The van der Waals surface area contributed by atoms with E-state index in [1.807, 2.05) is 12.1 Å². The normalized spacial score (nSPS) is 11.0. The topological polar surface area (TPSA) is 50.1 Å². The Morgan fingerprint density at radius 3 is 1.95 bits per heavy atom. The lowest BCUT2D eigenvalue weighted by Crippen LogP contribution is -2.12. The number of ether oxygens (including phenoxy) is 4. The van der Waals surface area contributed by atoms with E-state index in [-0.39, 0.29) is 0 Å². The molecule has 0 saturated carbocycles. The highest BCUT2D eigenvalue weighted by molar-refractivity contribution is 7.80. The molecular weight excluding hydrogens is 268 g/mol. The molecule has 0 saturated heterocycles. The lowest BCUT2D eigenvalue weighted by Gasteiger charge is -2.06. The summed E-state index contributed by atoms with van der Waals surface area (Å²) in [4.78, 5) is 0. The average molecular weight is 290 g/mol. The first-order chi connectivity index (χ1) is 9.43. The van der Waals surface area contributed by atoms with Crippen molar-refractivity contribution in [3.63, 3.8) is 0 Å². The summed E-state index contributed by atoms with van der Waals surface area (Å²) in [6, 6.07) is 3.72. The molecule has 1 aromatic rings.